The van der Waals surface area contributed by atoms with Gasteiger partial charge in [0.25, 0.3) is 0 Å². The van der Waals surface area contributed by atoms with E-state index in [0.717, 1.165) is 17.7 Å². The van der Waals surface area contributed by atoms with Gasteiger partial charge in [0.05, 0.1) is 7.11 Å². The number of ether oxygens (including phenoxy) is 1. The third kappa shape index (κ3) is 3.48. The van der Waals surface area contributed by atoms with Gasteiger partial charge in [-0.1, -0.05) is 24.3 Å². The van der Waals surface area contributed by atoms with Gasteiger partial charge in [-0.15, -0.1) is 0 Å². The zero-order valence-corrected chi connectivity index (χ0v) is 11.0. The molecule has 19 heavy (non-hydrogen) atoms. The summed E-state index contributed by atoms with van der Waals surface area (Å²) in [5.74, 6) is 1.38. The summed E-state index contributed by atoms with van der Waals surface area (Å²) in [6.45, 7) is 0.571. The number of methoxy groups -OCH3 is 1. The summed E-state index contributed by atoms with van der Waals surface area (Å²) < 4.78 is 5.15. The minimum Gasteiger partial charge on any atom is -0.508 e. The van der Waals surface area contributed by atoms with Gasteiger partial charge in [0, 0.05) is 5.92 Å². The molecule has 1 unspecified atom stereocenters. The molecule has 2 rings (SSSR count). The first-order valence-corrected chi connectivity index (χ1v) is 6.35. The summed E-state index contributed by atoms with van der Waals surface area (Å²) >= 11 is 0. The number of benzene rings is 2. The van der Waals surface area contributed by atoms with E-state index in [1.54, 1.807) is 19.2 Å². The minimum absolute atomic E-state index is 0.243. The van der Waals surface area contributed by atoms with E-state index in [4.69, 9.17) is 10.5 Å². The van der Waals surface area contributed by atoms with Gasteiger partial charge in [-0.25, -0.2) is 0 Å². The monoisotopic (exact) mass is 257 g/mol. The van der Waals surface area contributed by atoms with E-state index in [1.807, 2.05) is 36.4 Å². The molecule has 0 heterocycles. The largest absolute Gasteiger partial charge is 0.508 e. The summed E-state index contributed by atoms with van der Waals surface area (Å²) in [5, 5.41) is 9.49. The Bertz CT molecular complexity index is 523. The SMILES string of the molecule is COc1ccc(C(CN)Cc2cccc(O)c2)cc1. The van der Waals surface area contributed by atoms with Gasteiger partial charge in [0.1, 0.15) is 11.5 Å². The predicted molar refractivity (Wildman–Crippen MR) is 76.6 cm³/mol. The van der Waals surface area contributed by atoms with Gasteiger partial charge < -0.3 is 15.6 Å². The summed E-state index contributed by atoms with van der Waals surface area (Å²) in [7, 11) is 1.65. The molecule has 0 saturated heterocycles. The van der Waals surface area contributed by atoms with Crippen LogP contribution in [0.4, 0.5) is 0 Å². The van der Waals surface area contributed by atoms with Crippen LogP contribution in [0, 0.1) is 0 Å². The molecule has 0 amide bonds. The number of nitrogens with two attached hydrogens (primary N) is 1. The van der Waals surface area contributed by atoms with E-state index in [2.05, 4.69) is 0 Å². The van der Waals surface area contributed by atoms with E-state index in [-0.39, 0.29) is 5.92 Å². The van der Waals surface area contributed by atoms with Gasteiger partial charge in [0.2, 0.25) is 0 Å². The molecule has 0 aliphatic rings. The maximum absolute atomic E-state index is 9.49. The number of rotatable bonds is 5. The highest BCUT2D eigenvalue weighted by molar-refractivity contribution is 5.33. The molecule has 0 aliphatic carbocycles. The van der Waals surface area contributed by atoms with Crippen LogP contribution < -0.4 is 10.5 Å². The van der Waals surface area contributed by atoms with Crippen molar-refractivity contribution in [3.05, 3.63) is 59.7 Å². The van der Waals surface area contributed by atoms with Crippen molar-refractivity contribution in [2.24, 2.45) is 5.73 Å². The fourth-order valence-corrected chi connectivity index (χ4v) is 2.18. The minimum atomic E-state index is 0.243. The van der Waals surface area contributed by atoms with Crippen molar-refractivity contribution in [3.8, 4) is 11.5 Å². The molecule has 0 saturated carbocycles. The van der Waals surface area contributed by atoms with Crippen LogP contribution in [0.2, 0.25) is 0 Å². The van der Waals surface area contributed by atoms with Crippen LogP contribution in [0.15, 0.2) is 48.5 Å². The van der Waals surface area contributed by atoms with Crippen LogP contribution >= 0.6 is 0 Å². The predicted octanol–water partition coefficient (Wildman–Crippen LogP) is 2.69. The molecule has 1 atom stereocenters. The molecule has 2 aromatic rings. The fraction of sp³-hybridized carbons (Fsp3) is 0.250. The van der Waals surface area contributed by atoms with Crippen molar-refractivity contribution in [1.82, 2.24) is 0 Å². The van der Waals surface area contributed by atoms with Gasteiger partial charge in [-0.3, -0.25) is 0 Å². The summed E-state index contributed by atoms with van der Waals surface area (Å²) in [4.78, 5) is 0. The van der Waals surface area contributed by atoms with Crippen LogP contribution in [-0.4, -0.2) is 18.8 Å². The summed E-state index contributed by atoms with van der Waals surface area (Å²) in [5.41, 5.74) is 8.14. The molecule has 2 aromatic carbocycles. The topological polar surface area (TPSA) is 55.5 Å². The van der Waals surface area contributed by atoms with Crippen LogP contribution in [0.3, 0.4) is 0 Å². The molecule has 0 radical (unpaired) electrons. The van der Waals surface area contributed by atoms with E-state index in [1.165, 1.54) is 5.56 Å². The van der Waals surface area contributed by atoms with Crippen LogP contribution in [-0.2, 0) is 6.42 Å². The normalized spacial score (nSPS) is 12.1. The lowest BCUT2D eigenvalue weighted by molar-refractivity contribution is 0.414. The Kier molecular flexibility index (Phi) is 4.42. The Morgan fingerprint density at radius 3 is 2.47 bits per heavy atom. The zero-order valence-electron chi connectivity index (χ0n) is 11.0. The van der Waals surface area contributed by atoms with Crippen molar-refractivity contribution >= 4 is 0 Å². The zero-order chi connectivity index (χ0) is 13.7. The summed E-state index contributed by atoms with van der Waals surface area (Å²) in [6.07, 6.45) is 0.817. The maximum atomic E-state index is 9.49. The molecule has 3 heteroatoms. The second-order valence-corrected chi connectivity index (χ2v) is 4.58. The first-order valence-electron chi connectivity index (χ1n) is 6.35. The van der Waals surface area contributed by atoms with E-state index < -0.39 is 0 Å². The number of hydrogen-bond donors (Lipinski definition) is 2. The van der Waals surface area contributed by atoms with E-state index in [9.17, 15) is 5.11 Å². The Balaban J connectivity index is 2.15. The molecule has 0 aromatic heterocycles. The van der Waals surface area contributed by atoms with Crippen molar-refractivity contribution < 1.29 is 9.84 Å². The quantitative estimate of drug-likeness (QED) is 0.866. The molecule has 3 nitrogen and oxygen atoms in total. The van der Waals surface area contributed by atoms with Crippen LogP contribution in [0.5, 0.6) is 11.5 Å². The molecular formula is C16H19NO2. The second kappa shape index (κ2) is 6.25. The van der Waals surface area contributed by atoms with Crippen molar-refractivity contribution in [1.29, 1.82) is 0 Å². The summed E-state index contributed by atoms with van der Waals surface area (Å²) in [6, 6.07) is 15.3. The van der Waals surface area contributed by atoms with E-state index in [0.29, 0.717) is 12.3 Å². The molecule has 0 bridgehead atoms. The van der Waals surface area contributed by atoms with Gasteiger partial charge in [-0.05, 0) is 48.4 Å². The van der Waals surface area contributed by atoms with Crippen LogP contribution in [0.25, 0.3) is 0 Å². The lowest BCUT2D eigenvalue weighted by atomic mass is 9.92. The number of aromatic hydroxyl groups is 1. The molecule has 0 fully saturated rings. The Morgan fingerprint density at radius 2 is 1.89 bits per heavy atom. The highest BCUT2D eigenvalue weighted by atomic mass is 16.5. The smallest absolute Gasteiger partial charge is 0.118 e. The number of phenolic OH excluding ortho intramolecular Hbond substituents is 1. The fourth-order valence-electron chi connectivity index (χ4n) is 2.18. The Labute approximate surface area is 113 Å². The van der Waals surface area contributed by atoms with Gasteiger partial charge in [-0.2, -0.15) is 0 Å². The Morgan fingerprint density at radius 1 is 1.16 bits per heavy atom. The van der Waals surface area contributed by atoms with Gasteiger partial charge >= 0.3 is 0 Å². The first kappa shape index (κ1) is 13.4. The van der Waals surface area contributed by atoms with Gasteiger partial charge in [0.15, 0.2) is 0 Å². The second-order valence-electron chi connectivity index (χ2n) is 4.58. The third-order valence-corrected chi connectivity index (χ3v) is 3.26. The standard InChI is InChI=1S/C16H19NO2/c1-19-16-7-5-13(6-8-16)14(11-17)9-12-3-2-4-15(18)10-12/h2-8,10,14,18H,9,11,17H2,1H3. The highest BCUT2D eigenvalue weighted by Gasteiger charge is 2.11. The molecule has 100 valence electrons. The van der Waals surface area contributed by atoms with Crippen LogP contribution in [0.1, 0.15) is 17.0 Å². The number of hydrogen-bond acceptors (Lipinski definition) is 3. The third-order valence-electron chi connectivity index (χ3n) is 3.26. The van der Waals surface area contributed by atoms with Crippen molar-refractivity contribution in [2.45, 2.75) is 12.3 Å². The van der Waals surface area contributed by atoms with E-state index >= 15 is 0 Å². The average Bonchev–Trinajstić information content (AvgIpc) is 2.45. The lowest BCUT2D eigenvalue weighted by Gasteiger charge is -2.16. The average molecular weight is 257 g/mol. The Hall–Kier alpha value is -2.00. The molecule has 0 spiro atoms. The highest BCUT2D eigenvalue weighted by Crippen LogP contribution is 2.23. The molecule has 0 aliphatic heterocycles. The molecular weight excluding hydrogens is 238 g/mol. The van der Waals surface area contributed by atoms with Crippen molar-refractivity contribution in [2.75, 3.05) is 13.7 Å². The first-order chi connectivity index (χ1) is 9.22. The molecule has 3 N–H and O–H groups in total. The van der Waals surface area contributed by atoms with Crippen molar-refractivity contribution in [3.63, 3.8) is 0 Å². The number of phenols is 1. The lowest BCUT2D eigenvalue weighted by Crippen LogP contribution is -2.15. The maximum Gasteiger partial charge on any atom is 0.118 e.